The van der Waals surface area contributed by atoms with Crippen LogP contribution in [0.25, 0.3) is 10.1 Å². The van der Waals surface area contributed by atoms with Crippen LogP contribution in [0.15, 0.2) is 22.0 Å². The summed E-state index contributed by atoms with van der Waals surface area (Å²) < 4.78 is 1.91. The van der Waals surface area contributed by atoms with Crippen molar-refractivity contribution in [2.45, 2.75) is 0 Å². The lowest BCUT2D eigenvalue weighted by Gasteiger charge is -2.02. The van der Waals surface area contributed by atoms with Gasteiger partial charge in [0.05, 0.1) is 14.9 Å². The van der Waals surface area contributed by atoms with Crippen molar-refractivity contribution in [1.29, 1.82) is 0 Å². The quantitative estimate of drug-likeness (QED) is 0.629. The normalized spacial score (nSPS) is 10.5. The standard InChI is InChI=1S/C9H6BrNOS/c10-7-8(11)6(4-12)3-5-1-2-13-9(5)7/h1-4H,11H2. The fourth-order valence-corrected chi connectivity index (χ4v) is 2.77. The Morgan fingerprint density at radius 3 is 3.00 bits per heavy atom. The van der Waals surface area contributed by atoms with Crippen molar-refractivity contribution in [3.8, 4) is 0 Å². The van der Waals surface area contributed by atoms with Gasteiger partial charge in [0, 0.05) is 5.56 Å². The SMILES string of the molecule is Nc1c(C=O)cc2ccsc2c1Br. The molecule has 2 rings (SSSR count). The average molecular weight is 256 g/mol. The summed E-state index contributed by atoms with van der Waals surface area (Å²) in [4.78, 5) is 10.6. The lowest BCUT2D eigenvalue weighted by atomic mass is 10.1. The van der Waals surface area contributed by atoms with Gasteiger partial charge in [0.2, 0.25) is 0 Å². The van der Waals surface area contributed by atoms with Crippen LogP contribution in [0.1, 0.15) is 10.4 Å². The molecule has 66 valence electrons. The fourth-order valence-electron chi connectivity index (χ4n) is 1.20. The maximum absolute atomic E-state index is 10.6. The molecule has 0 fully saturated rings. The molecule has 13 heavy (non-hydrogen) atoms. The van der Waals surface area contributed by atoms with Crippen LogP contribution in [0.4, 0.5) is 5.69 Å². The van der Waals surface area contributed by atoms with E-state index in [4.69, 9.17) is 5.73 Å². The minimum atomic E-state index is 0.518. The van der Waals surface area contributed by atoms with Crippen molar-refractivity contribution in [3.63, 3.8) is 0 Å². The third-order valence-corrected chi connectivity index (χ3v) is 3.91. The van der Waals surface area contributed by atoms with E-state index in [1.165, 1.54) is 0 Å². The van der Waals surface area contributed by atoms with Gasteiger partial charge in [-0.1, -0.05) is 0 Å². The summed E-state index contributed by atoms with van der Waals surface area (Å²) in [5.41, 5.74) is 6.80. The van der Waals surface area contributed by atoms with Gasteiger partial charge in [-0.05, 0) is 38.8 Å². The van der Waals surface area contributed by atoms with Gasteiger partial charge in [0.15, 0.2) is 6.29 Å². The summed E-state index contributed by atoms with van der Waals surface area (Å²) in [6.45, 7) is 0. The van der Waals surface area contributed by atoms with E-state index in [2.05, 4.69) is 15.9 Å². The number of aldehydes is 1. The van der Waals surface area contributed by atoms with Crippen molar-refractivity contribution >= 4 is 49.3 Å². The van der Waals surface area contributed by atoms with E-state index in [0.717, 1.165) is 20.8 Å². The van der Waals surface area contributed by atoms with E-state index < -0.39 is 0 Å². The van der Waals surface area contributed by atoms with E-state index in [-0.39, 0.29) is 0 Å². The Morgan fingerprint density at radius 1 is 1.54 bits per heavy atom. The van der Waals surface area contributed by atoms with Gasteiger partial charge in [-0.25, -0.2) is 0 Å². The summed E-state index contributed by atoms with van der Waals surface area (Å²) >= 11 is 4.98. The zero-order valence-corrected chi connectivity index (χ0v) is 8.98. The summed E-state index contributed by atoms with van der Waals surface area (Å²) in [6, 6.07) is 3.77. The second kappa shape index (κ2) is 3.12. The van der Waals surface area contributed by atoms with Crippen molar-refractivity contribution in [3.05, 3.63) is 27.5 Å². The van der Waals surface area contributed by atoms with Crippen molar-refractivity contribution in [2.75, 3.05) is 5.73 Å². The Kier molecular flexibility index (Phi) is 2.09. The summed E-state index contributed by atoms with van der Waals surface area (Å²) in [7, 11) is 0. The Labute approximate surface area is 87.5 Å². The molecule has 1 aromatic carbocycles. The summed E-state index contributed by atoms with van der Waals surface area (Å²) in [5.74, 6) is 0. The Balaban J connectivity index is 2.91. The molecule has 2 N–H and O–H groups in total. The van der Waals surface area contributed by atoms with Crippen molar-refractivity contribution in [1.82, 2.24) is 0 Å². The second-order valence-corrected chi connectivity index (χ2v) is 4.36. The molecule has 0 aliphatic heterocycles. The number of nitrogens with two attached hydrogens (primary N) is 1. The highest BCUT2D eigenvalue weighted by Crippen LogP contribution is 2.35. The third kappa shape index (κ3) is 1.26. The topological polar surface area (TPSA) is 43.1 Å². The molecule has 1 heterocycles. The van der Waals surface area contributed by atoms with Gasteiger partial charge < -0.3 is 5.73 Å². The van der Waals surface area contributed by atoms with Gasteiger partial charge in [-0.15, -0.1) is 11.3 Å². The molecule has 0 saturated carbocycles. The van der Waals surface area contributed by atoms with Gasteiger partial charge in [0.1, 0.15) is 0 Å². The lowest BCUT2D eigenvalue weighted by molar-refractivity contribution is 0.112. The molecule has 2 aromatic rings. The number of thiophene rings is 1. The van der Waals surface area contributed by atoms with E-state index >= 15 is 0 Å². The van der Waals surface area contributed by atoms with Gasteiger partial charge in [0.25, 0.3) is 0 Å². The van der Waals surface area contributed by atoms with Crippen LogP contribution in [0.3, 0.4) is 0 Å². The number of carbonyl (C=O) groups excluding carboxylic acids is 1. The van der Waals surface area contributed by atoms with Gasteiger partial charge in [-0.2, -0.15) is 0 Å². The fraction of sp³-hybridized carbons (Fsp3) is 0. The summed E-state index contributed by atoms with van der Waals surface area (Å²) in [6.07, 6.45) is 0.775. The van der Waals surface area contributed by atoms with E-state index in [1.807, 2.05) is 11.4 Å². The Hall–Kier alpha value is -0.870. The molecule has 0 unspecified atom stereocenters. The average Bonchev–Trinajstić information content (AvgIpc) is 2.59. The number of rotatable bonds is 1. The minimum absolute atomic E-state index is 0.518. The highest BCUT2D eigenvalue weighted by molar-refractivity contribution is 9.10. The monoisotopic (exact) mass is 255 g/mol. The number of carbonyl (C=O) groups is 1. The third-order valence-electron chi connectivity index (χ3n) is 1.88. The van der Waals surface area contributed by atoms with Crippen molar-refractivity contribution < 1.29 is 4.79 Å². The maximum atomic E-state index is 10.6. The molecule has 1 aromatic heterocycles. The molecule has 0 amide bonds. The molecule has 2 nitrogen and oxygen atoms in total. The molecule has 0 saturated heterocycles. The predicted octanol–water partition coefficient (Wildman–Crippen LogP) is 3.06. The van der Waals surface area contributed by atoms with Gasteiger partial charge >= 0.3 is 0 Å². The summed E-state index contributed by atoms with van der Waals surface area (Å²) in [5, 5.41) is 3.02. The van der Waals surface area contributed by atoms with Crippen LogP contribution >= 0.6 is 27.3 Å². The number of fused-ring (bicyclic) bond motifs is 1. The number of hydrogen-bond acceptors (Lipinski definition) is 3. The Morgan fingerprint density at radius 2 is 2.31 bits per heavy atom. The molecule has 0 atom stereocenters. The van der Waals surface area contributed by atoms with E-state index in [9.17, 15) is 4.79 Å². The number of benzene rings is 1. The Bertz CT molecular complexity index is 478. The smallest absolute Gasteiger partial charge is 0.152 e. The second-order valence-electron chi connectivity index (χ2n) is 2.65. The van der Waals surface area contributed by atoms with Gasteiger partial charge in [-0.3, -0.25) is 4.79 Å². The molecule has 0 bridgehead atoms. The molecule has 0 radical (unpaired) electrons. The molecular weight excluding hydrogens is 250 g/mol. The highest BCUT2D eigenvalue weighted by Gasteiger charge is 2.08. The highest BCUT2D eigenvalue weighted by atomic mass is 79.9. The molecule has 0 spiro atoms. The molecule has 4 heteroatoms. The van der Waals surface area contributed by atoms with Crippen LogP contribution in [-0.2, 0) is 0 Å². The first kappa shape index (κ1) is 8.72. The number of halogens is 1. The van der Waals surface area contributed by atoms with Crippen molar-refractivity contribution in [2.24, 2.45) is 0 Å². The molecular formula is C9H6BrNOS. The first-order valence-electron chi connectivity index (χ1n) is 3.64. The zero-order chi connectivity index (χ0) is 9.42. The van der Waals surface area contributed by atoms with Crippen LogP contribution in [0.2, 0.25) is 0 Å². The molecule has 0 aliphatic carbocycles. The number of hydrogen-bond donors (Lipinski definition) is 1. The van der Waals surface area contributed by atoms with Crippen LogP contribution in [0, 0.1) is 0 Å². The predicted molar refractivity (Wildman–Crippen MR) is 59.3 cm³/mol. The zero-order valence-electron chi connectivity index (χ0n) is 6.58. The maximum Gasteiger partial charge on any atom is 0.152 e. The van der Waals surface area contributed by atoms with Crippen LogP contribution in [0.5, 0.6) is 0 Å². The molecule has 0 aliphatic rings. The largest absolute Gasteiger partial charge is 0.397 e. The van der Waals surface area contributed by atoms with E-state index in [0.29, 0.717) is 11.3 Å². The van der Waals surface area contributed by atoms with Crippen LogP contribution in [-0.4, -0.2) is 6.29 Å². The first-order valence-corrected chi connectivity index (χ1v) is 5.31. The van der Waals surface area contributed by atoms with E-state index in [1.54, 1.807) is 17.4 Å². The number of anilines is 1. The first-order chi connectivity index (χ1) is 6.24. The van der Waals surface area contributed by atoms with Crippen LogP contribution < -0.4 is 5.73 Å². The number of nitrogen functional groups attached to an aromatic ring is 1. The lowest BCUT2D eigenvalue weighted by Crippen LogP contribution is -1.93. The minimum Gasteiger partial charge on any atom is -0.397 e.